The molecular formula is C16H22O3. The molecule has 0 saturated heterocycles. The van der Waals surface area contributed by atoms with Crippen LogP contribution in [0.1, 0.15) is 56.8 Å². The lowest BCUT2D eigenvalue weighted by Crippen LogP contribution is -2.35. The molecule has 0 amide bonds. The lowest BCUT2D eigenvalue weighted by molar-refractivity contribution is 0.0618. The van der Waals surface area contributed by atoms with Crippen molar-refractivity contribution in [1.29, 1.82) is 0 Å². The molecule has 1 aromatic rings. The van der Waals surface area contributed by atoms with Gasteiger partial charge in [-0.2, -0.15) is 0 Å². The third-order valence-electron chi connectivity index (χ3n) is 3.24. The van der Waals surface area contributed by atoms with Gasteiger partial charge in [0, 0.05) is 6.07 Å². The first-order valence-corrected chi connectivity index (χ1v) is 7.01. The highest BCUT2D eigenvalue weighted by Gasteiger charge is 2.32. The Morgan fingerprint density at radius 2 is 2.11 bits per heavy atom. The summed E-state index contributed by atoms with van der Waals surface area (Å²) < 4.78 is 11.5. The smallest absolute Gasteiger partial charge is 0.170 e. The zero-order valence-electron chi connectivity index (χ0n) is 12.0. The molecule has 2 rings (SSSR count). The number of hydrogen-bond donors (Lipinski definition) is 0. The normalized spacial score (nSPS) is 16.7. The minimum absolute atomic E-state index is 0.142. The van der Waals surface area contributed by atoms with Gasteiger partial charge in [0.25, 0.3) is 0 Å². The summed E-state index contributed by atoms with van der Waals surface area (Å²) >= 11 is 0. The highest BCUT2D eigenvalue weighted by Crippen LogP contribution is 2.35. The third-order valence-corrected chi connectivity index (χ3v) is 3.24. The molecule has 0 N–H and O–H groups in total. The van der Waals surface area contributed by atoms with Gasteiger partial charge in [-0.05, 0) is 32.4 Å². The van der Waals surface area contributed by atoms with E-state index in [0.29, 0.717) is 24.3 Å². The highest BCUT2D eigenvalue weighted by molar-refractivity contribution is 6.00. The molecule has 1 heterocycles. The zero-order valence-corrected chi connectivity index (χ0v) is 12.0. The van der Waals surface area contributed by atoms with Gasteiger partial charge in [0.1, 0.15) is 17.1 Å². The van der Waals surface area contributed by atoms with Crippen LogP contribution in [0.2, 0.25) is 0 Å². The second kappa shape index (κ2) is 5.64. The number of Topliss-reactive ketones (excluding diaryl/α,β-unsaturated/α-hetero) is 1. The predicted octanol–water partition coefficient (Wildman–Crippen LogP) is 4.00. The molecule has 1 aromatic carbocycles. The predicted molar refractivity (Wildman–Crippen MR) is 75.1 cm³/mol. The summed E-state index contributed by atoms with van der Waals surface area (Å²) in [4.78, 5) is 12.0. The molecule has 0 bridgehead atoms. The Balaban J connectivity index is 2.08. The third kappa shape index (κ3) is 3.49. The summed E-state index contributed by atoms with van der Waals surface area (Å²) in [7, 11) is 0. The number of rotatable bonds is 5. The van der Waals surface area contributed by atoms with Crippen molar-refractivity contribution < 1.29 is 14.3 Å². The summed E-state index contributed by atoms with van der Waals surface area (Å²) in [5.41, 5.74) is 0.241. The zero-order chi connectivity index (χ0) is 13.9. The molecule has 0 aromatic heterocycles. The number of fused-ring (bicyclic) bond motifs is 1. The van der Waals surface area contributed by atoms with Crippen LogP contribution in [0, 0.1) is 0 Å². The standard InChI is InChI=1S/C16H22O3/c1-4-5-6-9-18-12-7-8-13-14(17)11-16(2,3)19-15(13)10-12/h7-8,10H,4-6,9,11H2,1-3H3. The fraction of sp³-hybridized carbons (Fsp3) is 0.562. The molecule has 0 saturated carbocycles. The van der Waals surface area contributed by atoms with E-state index < -0.39 is 5.60 Å². The fourth-order valence-electron chi connectivity index (χ4n) is 2.26. The molecule has 0 fully saturated rings. The minimum atomic E-state index is -0.426. The Kier molecular flexibility index (Phi) is 4.13. The molecule has 0 atom stereocenters. The molecule has 0 unspecified atom stereocenters. The first-order chi connectivity index (χ1) is 9.02. The molecule has 0 aliphatic carbocycles. The molecule has 3 heteroatoms. The summed E-state index contributed by atoms with van der Waals surface area (Å²) in [6, 6.07) is 5.49. The van der Waals surface area contributed by atoms with E-state index in [1.807, 2.05) is 32.0 Å². The highest BCUT2D eigenvalue weighted by atomic mass is 16.5. The second-order valence-corrected chi connectivity index (χ2v) is 5.68. The van der Waals surface area contributed by atoms with Crippen LogP contribution in [0.3, 0.4) is 0 Å². The van der Waals surface area contributed by atoms with Gasteiger partial charge in [-0.15, -0.1) is 0 Å². The summed E-state index contributed by atoms with van der Waals surface area (Å²) in [5.74, 6) is 1.57. The SMILES string of the molecule is CCCCCOc1ccc2c(c1)OC(C)(C)CC2=O. The van der Waals surface area contributed by atoms with Crippen LogP contribution in [-0.4, -0.2) is 18.0 Å². The maximum absolute atomic E-state index is 12.0. The number of benzene rings is 1. The van der Waals surface area contributed by atoms with Crippen LogP contribution >= 0.6 is 0 Å². The Morgan fingerprint density at radius 1 is 1.32 bits per heavy atom. The molecule has 3 nitrogen and oxygen atoms in total. The van der Waals surface area contributed by atoms with Crippen LogP contribution in [0.5, 0.6) is 11.5 Å². The van der Waals surface area contributed by atoms with Gasteiger partial charge >= 0.3 is 0 Å². The van der Waals surface area contributed by atoms with E-state index in [2.05, 4.69) is 6.92 Å². The van der Waals surface area contributed by atoms with Crippen molar-refractivity contribution >= 4 is 5.78 Å². The number of carbonyl (C=O) groups is 1. The van der Waals surface area contributed by atoms with Gasteiger partial charge in [-0.25, -0.2) is 0 Å². The van der Waals surface area contributed by atoms with Crippen LogP contribution < -0.4 is 9.47 Å². The van der Waals surface area contributed by atoms with E-state index in [9.17, 15) is 4.79 Å². The quantitative estimate of drug-likeness (QED) is 0.752. The minimum Gasteiger partial charge on any atom is -0.493 e. The summed E-state index contributed by atoms with van der Waals surface area (Å²) in [5, 5.41) is 0. The molecule has 1 aliphatic rings. The van der Waals surface area contributed by atoms with Crippen LogP contribution in [0.25, 0.3) is 0 Å². The van der Waals surface area contributed by atoms with Gasteiger partial charge < -0.3 is 9.47 Å². The number of hydrogen-bond acceptors (Lipinski definition) is 3. The maximum atomic E-state index is 12.0. The summed E-state index contributed by atoms with van der Waals surface area (Å²) in [6.45, 7) is 6.75. The first-order valence-electron chi connectivity index (χ1n) is 7.01. The Bertz CT molecular complexity index is 463. The maximum Gasteiger partial charge on any atom is 0.170 e. The Labute approximate surface area is 114 Å². The molecule has 104 valence electrons. The number of ketones is 1. The lowest BCUT2D eigenvalue weighted by atomic mass is 9.93. The van der Waals surface area contributed by atoms with Crippen LogP contribution in [0.4, 0.5) is 0 Å². The van der Waals surface area contributed by atoms with E-state index in [0.717, 1.165) is 12.2 Å². The van der Waals surface area contributed by atoms with Crippen molar-refractivity contribution in [3.05, 3.63) is 23.8 Å². The molecule has 19 heavy (non-hydrogen) atoms. The number of unbranched alkanes of at least 4 members (excludes halogenated alkanes) is 2. The monoisotopic (exact) mass is 262 g/mol. The van der Waals surface area contributed by atoms with Crippen molar-refractivity contribution in [2.24, 2.45) is 0 Å². The Hall–Kier alpha value is -1.51. The molecule has 0 radical (unpaired) electrons. The molecule has 0 spiro atoms. The van der Waals surface area contributed by atoms with Gasteiger partial charge in [0.05, 0.1) is 18.6 Å². The van der Waals surface area contributed by atoms with E-state index in [4.69, 9.17) is 9.47 Å². The number of carbonyl (C=O) groups excluding carboxylic acids is 1. The van der Waals surface area contributed by atoms with Crippen LogP contribution in [-0.2, 0) is 0 Å². The average Bonchev–Trinajstić information content (AvgIpc) is 2.32. The van der Waals surface area contributed by atoms with Gasteiger partial charge in [0.2, 0.25) is 0 Å². The van der Waals surface area contributed by atoms with Gasteiger partial charge in [-0.1, -0.05) is 19.8 Å². The van der Waals surface area contributed by atoms with E-state index in [-0.39, 0.29) is 5.78 Å². The fourth-order valence-corrected chi connectivity index (χ4v) is 2.26. The van der Waals surface area contributed by atoms with Crippen molar-refractivity contribution in [2.75, 3.05) is 6.61 Å². The van der Waals surface area contributed by atoms with Crippen LogP contribution in [0.15, 0.2) is 18.2 Å². The number of ether oxygens (including phenoxy) is 2. The van der Waals surface area contributed by atoms with Crippen molar-refractivity contribution in [2.45, 2.75) is 52.1 Å². The molecule has 1 aliphatic heterocycles. The summed E-state index contributed by atoms with van der Waals surface area (Å²) in [6.07, 6.45) is 3.84. The lowest BCUT2D eigenvalue weighted by Gasteiger charge is -2.31. The van der Waals surface area contributed by atoms with E-state index in [1.165, 1.54) is 12.8 Å². The van der Waals surface area contributed by atoms with E-state index >= 15 is 0 Å². The first kappa shape index (κ1) is 13.9. The second-order valence-electron chi connectivity index (χ2n) is 5.68. The van der Waals surface area contributed by atoms with Crippen molar-refractivity contribution in [3.8, 4) is 11.5 Å². The van der Waals surface area contributed by atoms with Crippen molar-refractivity contribution in [1.82, 2.24) is 0 Å². The van der Waals surface area contributed by atoms with Crippen molar-refractivity contribution in [3.63, 3.8) is 0 Å². The molecular weight excluding hydrogens is 240 g/mol. The Morgan fingerprint density at radius 3 is 2.84 bits per heavy atom. The van der Waals surface area contributed by atoms with E-state index in [1.54, 1.807) is 0 Å². The van der Waals surface area contributed by atoms with Gasteiger partial charge in [0.15, 0.2) is 5.78 Å². The average molecular weight is 262 g/mol. The largest absolute Gasteiger partial charge is 0.493 e. The topological polar surface area (TPSA) is 35.5 Å². The van der Waals surface area contributed by atoms with Gasteiger partial charge in [-0.3, -0.25) is 4.79 Å².